The molecule has 1 rings (SSSR count). The quantitative estimate of drug-likeness (QED) is 0.762. The molecule has 1 aliphatic carbocycles. The van der Waals surface area contributed by atoms with Crippen LogP contribution >= 0.6 is 0 Å². The number of alkyl carbamates (subject to hydrolysis) is 1. The van der Waals surface area contributed by atoms with Crippen molar-refractivity contribution in [2.75, 3.05) is 0 Å². The van der Waals surface area contributed by atoms with E-state index >= 15 is 0 Å². The van der Waals surface area contributed by atoms with E-state index in [-0.39, 0.29) is 17.7 Å². The Morgan fingerprint density at radius 1 is 1.47 bits per heavy atom. The molecule has 1 unspecified atom stereocenters. The number of amides is 1. The highest BCUT2D eigenvalue weighted by molar-refractivity contribution is 5.85. The molecule has 1 N–H and O–H groups in total. The Bertz CT molecular complexity index is 259. The molecule has 86 valence electrons. The van der Waals surface area contributed by atoms with Gasteiger partial charge in [0.1, 0.15) is 11.4 Å². The van der Waals surface area contributed by atoms with E-state index in [1.165, 1.54) is 0 Å². The molecular weight excluding hydrogens is 194 g/mol. The molecule has 0 radical (unpaired) electrons. The smallest absolute Gasteiger partial charge is 0.407 e. The highest BCUT2D eigenvalue weighted by Crippen LogP contribution is 2.26. The van der Waals surface area contributed by atoms with Crippen LogP contribution in [0.3, 0.4) is 0 Å². The second kappa shape index (κ2) is 4.21. The standard InChI is InChI=1S/C11H19NO3/c1-7(8-5-9(13)6-8)12-10(14)15-11(2,3)4/h7-8H,5-6H2,1-4H3,(H,12,14). The molecular formula is C11H19NO3. The van der Waals surface area contributed by atoms with Crippen LogP contribution in [0.4, 0.5) is 4.79 Å². The van der Waals surface area contributed by atoms with Crippen LogP contribution in [-0.2, 0) is 9.53 Å². The van der Waals surface area contributed by atoms with Crippen LogP contribution < -0.4 is 5.32 Å². The first kappa shape index (κ1) is 12.0. The Labute approximate surface area is 90.4 Å². The molecule has 0 spiro atoms. The first-order valence-corrected chi connectivity index (χ1v) is 5.29. The maximum atomic E-state index is 11.4. The Balaban J connectivity index is 2.29. The van der Waals surface area contributed by atoms with Gasteiger partial charge >= 0.3 is 6.09 Å². The molecule has 0 aromatic carbocycles. The average molecular weight is 213 g/mol. The van der Waals surface area contributed by atoms with Gasteiger partial charge in [0.2, 0.25) is 0 Å². The van der Waals surface area contributed by atoms with E-state index in [0.717, 1.165) is 0 Å². The monoisotopic (exact) mass is 213 g/mol. The molecule has 1 aliphatic rings. The van der Waals surface area contributed by atoms with Gasteiger partial charge in [-0.2, -0.15) is 0 Å². The summed E-state index contributed by atoms with van der Waals surface area (Å²) >= 11 is 0. The van der Waals surface area contributed by atoms with E-state index < -0.39 is 11.7 Å². The molecule has 1 amide bonds. The molecule has 1 fully saturated rings. The van der Waals surface area contributed by atoms with Gasteiger partial charge < -0.3 is 10.1 Å². The molecule has 4 heteroatoms. The Morgan fingerprint density at radius 2 is 2.00 bits per heavy atom. The largest absolute Gasteiger partial charge is 0.444 e. The van der Waals surface area contributed by atoms with Crippen molar-refractivity contribution in [3.05, 3.63) is 0 Å². The summed E-state index contributed by atoms with van der Waals surface area (Å²) in [5, 5.41) is 2.75. The number of Topliss-reactive ketones (excluding diaryl/α,β-unsaturated/α-hetero) is 1. The van der Waals surface area contributed by atoms with Gasteiger partial charge in [-0.05, 0) is 33.6 Å². The summed E-state index contributed by atoms with van der Waals surface area (Å²) in [6.07, 6.45) is 0.753. The highest BCUT2D eigenvalue weighted by Gasteiger charge is 2.32. The minimum atomic E-state index is -0.473. The minimum Gasteiger partial charge on any atom is -0.444 e. The fraction of sp³-hybridized carbons (Fsp3) is 0.818. The third-order valence-electron chi connectivity index (χ3n) is 2.43. The molecule has 0 aromatic heterocycles. The third kappa shape index (κ3) is 3.90. The lowest BCUT2D eigenvalue weighted by molar-refractivity contribution is -0.127. The lowest BCUT2D eigenvalue weighted by atomic mass is 9.79. The van der Waals surface area contributed by atoms with Crippen molar-refractivity contribution in [1.82, 2.24) is 5.32 Å². The van der Waals surface area contributed by atoms with Crippen LogP contribution in [0.5, 0.6) is 0 Å². The molecule has 0 heterocycles. The molecule has 1 saturated carbocycles. The van der Waals surface area contributed by atoms with Crippen molar-refractivity contribution in [1.29, 1.82) is 0 Å². The normalized spacial score (nSPS) is 19.3. The summed E-state index contributed by atoms with van der Waals surface area (Å²) in [5.41, 5.74) is -0.473. The molecule has 0 bridgehead atoms. The van der Waals surface area contributed by atoms with Crippen molar-refractivity contribution in [3.8, 4) is 0 Å². The van der Waals surface area contributed by atoms with E-state index in [4.69, 9.17) is 4.74 Å². The average Bonchev–Trinajstić information content (AvgIpc) is 1.94. The fourth-order valence-electron chi connectivity index (χ4n) is 1.49. The summed E-state index contributed by atoms with van der Waals surface area (Å²) < 4.78 is 5.12. The van der Waals surface area contributed by atoms with Gasteiger partial charge in [0.25, 0.3) is 0 Å². The van der Waals surface area contributed by atoms with Crippen molar-refractivity contribution < 1.29 is 14.3 Å². The van der Waals surface area contributed by atoms with Gasteiger partial charge in [-0.15, -0.1) is 0 Å². The third-order valence-corrected chi connectivity index (χ3v) is 2.43. The SMILES string of the molecule is CC(NC(=O)OC(C)(C)C)C1CC(=O)C1. The number of rotatable bonds is 2. The van der Waals surface area contributed by atoms with E-state index in [0.29, 0.717) is 12.8 Å². The van der Waals surface area contributed by atoms with E-state index in [9.17, 15) is 9.59 Å². The van der Waals surface area contributed by atoms with Crippen molar-refractivity contribution in [2.24, 2.45) is 5.92 Å². The van der Waals surface area contributed by atoms with Crippen LogP contribution in [0.1, 0.15) is 40.5 Å². The topological polar surface area (TPSA) is 55.4 Å². The molecule has 0 saturated heterocycles. The van der Waals surface area contributed by atoms with Gasteiger partial charge in [0.05, 0.1) is 0 Å². The predicted octanol–water partition coefficient (Wildman–Crippen LogP) is 1.88. The van der Waals surface area contributed by atoms with Gasteiger partial charge in [0.15, 0.2) is 0 Å². The molecule has 4 nitrogen and oxygen atoms in total. The Kier molecular flexibility index (Phi) is 3.37. The second-order valence-electron chi connectivity index (χ2n) is 5.14. The summed E-state index contributed by atoms with van der Waals surface area (Å²) in [5.74, 6) is 0.558. The highest BCUT2D eigenvalue weighted by atomic mass is 16.6. The molecule has 1 atom stereocenters. The van der Waals surface area contributed by atoms with Crippen LogP contribution in [0, 0.1) is 5.92 Å². The van der Waals surface area contributed by atoms with Crippen molar-refractivity contribution in [3.63, 3.8) is 0 Å². The molecule has 15 heavy (non-hydrogen) atoms. The number of nitrogens with one attached hydrogen (secondary N) is 1. The van der Waals surface area contributed by atoms with Crippen LogP contribution in [0.25, 0.3) is 0 Å². The lowest BCUT2D eigenvalue weighted by Gasteiger charge is -2.31. The fourth-order valence-corrected chi connectivity index (χ4v) is 1.49. The summed E-state index contributed by atoms with van der Waals surface area (Å²) in [4.78, 5) is 22.2. The van der Waals surface area contributed by atoms with Gasteiger partial charge in [-0.25, -0.2) is 4.79 Å². The predicted molar refractivity (Wildman–Crippen MR) is 56.6 cm³/mol. The Morgan fingerprint density at radius 3 is 2.40 bits per heavy atom. The number of hydrogen-bond acceptors (Lipinski definition) is 3. The zero-order valence-corrected chi connectivity index (χ0v) is 9.79. The number of carbonyl (C=O) groups is 2. The molecule has 0 aromatic rings. The van der Waals surface area contributed by atoms with Crippen LogP contribution in [0.2, 0.25) is 0 Å². The summed E-state index contributed by atoms with van der Waals surface area (Å²) in [7, 11) is 0. The summed E-state index contributed by atoms with van der Waals surface area (Å²) in [6, 6.07) is 0.0116. The Hall–Kier alpha value is -1.06. The maximum Gasteiger partial charge on any atom is 0.407 e. The first-order chi connectivity index (χ1) is 6.78. The van der Waals surface area contributed by atoms with E-state index in [2.05, 4.69) is 5.32 Å². The number of ether oxygens (including phenoxy) is 1. The zero-order valence-electron chi connectivity index (χ0n) is 9.79. The number of ketones is 1. The van der Waals surface area contributed by atoms with E-state index in [1.807, 2.05) is 27.7 Å². The van der Waals surface area contributed by atoms with Gasteiger partial charge in [0, 0.05) is 18.9 Å². The zero-order chi connectivity index (χ0) is 11.6. The number of hydrogen-bond donors (Lipinski definition) is 1. The van der Waals surface area contributed by atoms with Gasteiger partial charge in [-0.1, -0.05) is 0 Å². The van der Waals surface area contributed by atoms with E-state index in [1.54, 1.807) is 0 Å². The van der Waals surface area contributed by atoms with Crippen molar-refractivity contribution in [2.45, 2.75) is 52.2 Å². The minimum absolute atomic E-state index is 0.0116. The second-order valence-corrected chi connectivity index (χ2v) is 5.14. The van der Waals surface area contributed by atoms with Crippen LogP contribution in [-0.4, -0.2) is 23.5 Å². The summed E-state index contributed by atoms with van der Waals surface area (Å²) in [6.45, 7) is 7.37. The van der Waals surface area contributed by atoms with Crippen LogP contribution in [0.15, 0.2) is 0 Å². The first-order valence-electron chi connectivity index (χ1n) is 5.29. The lowest BCUT2D eigenvalue weighted by Crippen LogP contribution is -2.45. The van der Waals surface area contributed by atoms with Gasteiger partial charge in [-0.3, -0.25) is 4.79 Å². The maximum absolute atomic E-state index is 11.4. The van der Waals surface area contributed by atoms with Crippen molar-refractivity contribution >= 4 is 11.9 Å². The molecule has 0 aliphatic heterocycles. The number of carbonyl (C=O) groups excluding carboxylic acids is 2.